The Balaban J connectivity index is 1.60. The molecule has 1 aromatic heterocycles. The van der Waals surface area contributed by atoms with Crippen molar-refractivity contribution < 1.29 is 14.0 Å². The molecule has 0 atom stereocenters. The monoisotopic (exact) mass is 510 g/mol. The van der Waals surface area contributed by atoms with Crippen LogP contribution in [0.15, 0.2) is 28.7 Å². The summed E-state index contributed by atoms with van der Waals surface area (Å²) >= 11 is 8.38. The van der Waals surface area contributed by atoms with Crippen LogP contribution in [0.4, 0.5) is 0 Å². The minimum Gasteiger partial charge on any atom is -0.456 e. The van der Waals surface area contributed by atoms with Crippen LogP contribution in [-0.2, 0) is 12.8 Å². The quantitative estimate of drug-likeness (QED) is 0.376. The predicted molar refractivity (Wildman–Crippen MR) is 148 cm³/mol. The molecule has 2 aromatic carbocycles. The number of fused-ring (bicyclic) bond motifs is 3. The first-order chi connectivity index (χ1) is 17.0. The number of hydrogen-bond acceptors (Lipinski definition) is 5. The van der Waals surface area contributed by atoms with Crippen LogP contribution in [0.3, 0.4) is 0 Å². The number of furan rings is 1. The van der Waals surface area contributed by atoms with Gasteiger partial charge >= 0.3 is 0 Å². The minimum absolute atomic E-state index is 0.190. The highest BCUT2D eigenvalue weighted by molar-refractivity contribution is 7.97. The summed E-state index contributed by atoms with van der Waals surface area (Å²) in [5.74, 6) is 0. The molecule has 0 unspecified atom stereocenters. The van der Waals surface area contributed by atoms with Gasteiger partial charge in [0.1, 0.15) is 11.2 Å². The Labute approximate surface area is 218 Å². The second kappa shape index (κ2) is 11.1. The zero-order valence-electron chi connectivity index (χ0n) is 20.2. The van der Waals surface area contributed by atoms with Gasteiger partial charge in [0, 0.05) is 35.0 Å². The zero-order valence-corrected chi connectivity index (χ0v) is 22.0. The van der Waals surface area contributed by atoms with Crippen LogP contribution in [0.5, 0.6) is 0 Å². The van der Waals surface area contributed by atoms with Crippen molar-refractivity contribution in [2.75, 3.05) is 39.3 Å². The Morgan fingerprint density at radius 3 is 2.00 bits per heavy atom. The Morgan fingerprint density at radius 1 is 0.771 bits per heavy atom. The maximum Gasteiger partial charge on any atom is 0.216 e. The van der Waals surface area contributed by atoms with Crippen molar-refractivity contribution in [3.8, 4) is 0 Å². The first-order valence-electron chi connectivity index (χ1n) is 12.9. The molecular weight excluding hydrogens is 476 g/mol. The molecule has 5 nitrogen and oxygen atoms in total. The molecule has 7 heteroatoms. The molecule has 0 bridgehead atoms. The number of benzene rings is 2. The summed E-state index contributed by atoms with van der Waals surface area (Å²) in [4.78, 5) is 30.0. The van der Waals surface area contributed by atoms with Crippen molar-refractivity contribution in [2.45, 2.75) is 51.4 Å². The summed E-state index contributed by atoms with van der Waals surface area (Å²) in [7, 11) is 0. The van der Waals surface area contributed by atoms with Gasteiger partial charge < -0.3 is 14.2 Å². The lowest BCUT2D eigenvalue weighted by molar-refractivity contribution is 0.108. The van der Waals surface area contributed by atoms with Crippen molar-refractivity contribution in [1.82, 2.24) is 9.80 Å². The fourth-order valence-electron chi connectivity index (χ4n) is 5.84. The average Bonchev–Trinajstić information content (AvgIpc) is 3.24. The van der Waals surface area contributed by atoms with E-state index in [1.807, 2.05) is 18.2 Å². The van der Waals surface area contributed by atoms with Gasteiger partial charge in [0.05, 0.1) is 0 Å². The van der Waals surface area contributed by atoms with E-state index in [0.29, 0.717) is 5.56 Å². The van der Waals surface area contributed by atoms with Gasteiger partial charge in [-0.05, 0) is 100 Å². The van der Waals surface area contributed by atoms with Crippen molar-refractivity contribution in [2.24, 2.45) is 0 Å². The number of hydrogen-bond donors (Lipinski definition) is 2. The molecule has 0 N–H and O–H groups in total. The number of likely N-dealkylation sites (tertiary alicyclic amines) is 2. The largest absolute Gasteiger partial charge is 0.456 e. The van der Waals surface area contributed by atoms with E-state index in [9.17, 15) is 9.59 Å². The third-order valence-electron chi connectivity index (χ3n) is 7.68. The Kier molecular flexibility index (Phi) is 7.87. The number of nitrogens with zero attached hydrogens (tertiary/aromatic N) is 2. The average molecular weight is 511 g/mol. The van der Waals surface area contributed by atoms with E-state index in [1.165, 1.54) is 38.5 Å². The van der Waals surface area contributed by atoms with Crippen molar-refractivity contribution in [3.05, 3.63) is 46.5 Å². The van der Waals surface area contributed by atoms with Crippen LogP contribution in [0, 0.1) is 0 Å². The molecule has 186 valence electrons. The lowest BCUT2D eigenvalue weighted by Crippen LogP contribution is -2.32. The van der Waals surface area contributed by atoms with Gasteiger partial charge in [-0.25, -0.2) is 0 Å². The first-order valence-corrected chi connectivity index (χ1v) is 13.8. The van der Waals surface area contributed by atoms with E-state index in [-0.39, 0.29) is 10.2 Å². The zero-order chi connectivity index (χ0) is 24.4. The van der Waals surface area contributed by atoms with Crippen molar-refractivity contribution in [3.63, 3.8) is 0 Å². The normalized spacial score (nSPS) is 17.9. The Hall–Kier alpha value is -1.80. The van der Waals surface area contributed by atoms with Crippen LogP contribution in [0.25, 0.3) is 21.9 Å². The molecule has 3 heterocycles. The van der Waals surface area contributed by atoms with Crippen LogP contribution >= 0.6 is 25.3 Å². The standard InChI is InChI=1S/C28H34N2O3S2/c31-27(34)20-7-8-23-22(17-20)26-21(10-16-30-13-5-2-6-14-30)25(28(32)35)19(18-24(26)33-23)9-15-29-11-3-1-4-12-29/h7-8,17-18H,1-6,9-16H2,(H,31,34)(H,32,35). The van der Waals surface area contributed by atoms with Gasteiger partial charge in [0.15, 0.2) is 0 Å². The maximum atomic E-state index is 13.0. The number of thiol groups is 2. The third-order valence-corrected chi connectivity index (χ3v) is 8.16. The number of carbonyl (C=O) groups excluding carboxylic acids is 2. The third kappa shape index (κ3) is 5.48. The number of piperidine rings is 2. The summed E-state index contributed by atoms with van der Waals surface area (Å²) in [6.07, 6.45) is 9.09. The number of carbonyl (C=O) groups is 2. The van der Waals surface area contributed by atoms with Gasteiger partial charge in [0.2, 0.25) is 10.2 Å². The molecule has 2 aliphatic heterocycles. The van der Waals surface area contributed by atoms with Gasteiger partial charge in [-0.1, -0.05) is 12.8 Å². The molecule has 0 amide bonds. The minimum atomic E-state index is -0.278. The summed E-state index contributed by atoms with van der Waals surface area (Å²) in [6.45, 7) is 6.29. The van der Waals surface area contributed by atoms with Crippen LogP contribution in [0.2, 0.25) is 0 Å². The molecule has 0 saturated carbocycles. The lowest BCUT2D eigenvalue weighted by Gasteiger charge is -2.28. The second-order valence-electron chi connectivity index (χ2n) is 9.99. The van der Waals surface area contributed by atoms with E-state index in [1.54, 1.807) is 6.07 Å². The van der Waals surface area contributed by atoms with Gasteiger partial charge in [-0.2, -0.15) is 0 Å². The topological polar surface area (TPSA) is 53.8 Å². The van der Waals surface area contributed by atoms with Gasteiger partial charge in [0.25, 0.3) is 0 Å². The van der Waals surface area contributed by atoms with Gasteiger partial charge in [-0.15, -0.1) is 25.3 Å². The van der Waals surface area contributed by atoms with Crippen LogP contribution < -0.4 is 0 Å². The molecule has 0 aliphatic carbocycles. The molecule has 3 aromatic rings. The highest BCUT2D eigenvalue weighted by atomic mass is 32.1. The highest BCUT2D eigenvalue weighted by Crippen LogP contribution is 2.37. The second-order valence-corrected chi connectivity index (χ2v) is 10.8. The summed E-state index contributed by atoms with van der Waals surface area (Å²) in [6, 6.07) is 7.47. The molecule has 35 heavy (non-hydrogen) atoms. The van der Waals surface area contributed by atoms with Crippen LogP contribution in [0.1, 0.15) is 70.4 Å². The molecule has 2 fully saturated rings. The number of rotatable bonds is 8. The predicted octanol–water partition coefficient (Wildman–Crippen LogP) is 5.78. The Morgan fingerprint density at radius 2 is 1.40 bits per heavy atom. The smallest absolute Gasteiger partial charge is 0.216 e. The van der Waals surface area contributed by atoms with E-state index in [2.05, 4.69) is 35.1 Å². The van der Waals surface area contributed by atoms with Crippen LogP contribution in [-0.4, -0.2) is 59.3 Å². The molecule has 0 radical (unpaired) electrons. The van der Waals surface area contributed by atoms with E-state index < -0.39 is 0 Å². The lowest BCUT2D eigenvalue weighted by atomic mass is 9.92. The fourth-order valence-corrected chi connectivity index (χ4v) is 6.26. The molecule has 0 spiro atoms. The van der Waals surface area contributed by atoms with E-state index in [4.69, 9.17) is 4.42 Å². The van der Waals surface area contributed by atoms with Gasteiger partial charge in [-0.3, -0.25) is 9.59 Å². The fraction of sp³-hybridized carbons (Fsp3) is 0.500. The molecular formula is C28H34N2O3S2. The molecule has 2 aliphatic rings. The summed E-state index contributed by atoms with van der Waals surface area (Å²) in [5.41, 5.74) is 4.77. The first kappa shape index (κ1) is 24.9. The molecule has 5 rings (SSSR count). The summed E-state index contributed by atoms with van der Waals surface area (Å²) < 4.78 is 6.29. The van der Waals surface area contributed by atoms with Crippen molar-refractivity contribution in [1.29, 1.82) is 0 Å². The highest BCUT2D eigenvalue weighted by Gasteiger charge is 2.24. The molecule has 2 saturated heterocycles. The SMILES string of the molecule is O=C(S)c1ccc2oc3cc(CCN4CCCCC4)c(C(=O)S)c(CCN4CCCCC4)c3c2c1. The van der Waals surface area contributed by atoms with E-state index in [0.717, 1.165) is 90.7 Å². The Bertz CT molecular complexity index is 1240. The van der Waals surface area contributed by atoms with Crippen molar-refractivity contribution >= 4 is 57.4 Å². The maximum absolute atomic E-state index is 13.0. The van der Waals surface area contributed by atoms with E-state index >= 15 is 0 Å². The summed E-state index contributed by atoms with van der Waals surface area (Å²) in [5, 5.41) is 1.34.